The number of aryl methyl sites for hydroxylation is 6. The fourth-order valence-corrected chi connectivity index (χ4v) is 10.6. The van der Waals surface area contributed by atoms with Gasteiger partial charge in [0.05, 0.1) is 0 Å². The minimum Gasteiger partial charge on any atom is -0.145 e. The Balaban J connectivity index is 1.08. The summed E-state index contributed by atoms with van der Waals surface area (Å²) in [5.74, 6) is 0. The van der Waals surface area contributed by atoms with Crippen molar-refractivity contribution in [3.63, 3.8) is 0 Å². The summed E-state index contributed by atoms with van der Waals surface area (Å²) in [5.41, 5.74) is 5.92. The van der Waals surface area contributed by atoms with Crippen molar-refractivity contribution in [1.29, 1.82) is 0 Å². The molecule has 0 unspecified atom stereocenters. The van der Waals surface area contributed by atoms with Gasteiger partial charge >= 0.3 is 0 Å². The van der Waals surface area contributed by atoms with Gasteiger partial charge in [-0.2, -0.15) is 0 Å². The molecule has 0 N–H and O–H groups in total. The molecule has 40 heavy (non-hydrogen) atoms. The summed E-state index contributed by atoms with van der Waals surface area (Å²) in [6, 6.07) is 23.8. The van der Waals surface area contributed by atoms with Gasteiger partial charge in [-0.1, -0.05) is 51.0 Å². The SMILES string of the molecule is CCCCc1ccc(CCc2cc3ccc4c(c3s2)-c2ccc3cc(CCc5ccc(CCCC)s5)sc3c2-4)s1. The molecular weight excluding hydrogens is 561 g/mol. The smallest absolute Gasteiger partial charge is 0.0430 e. The van der Waals surface area contributed by atoms with E-state index in [0.29, 0.717) is 0 Å². The molecule has 0 amide bonds. The maximum atomic E-state index is 2.45. The van der Waals surface area contributed by atoms with Crippen molar-refractivity contribution in [2.45, 2.75) is 78.1 Å². The molecule has 4 heteroatoms. The minimum absolute atomic E-state index is 1.15. The van der Waals surface area contributed by atoms with Crippen molar-refractivity contribution in [3.05, 3.63) is 89.9 Å². The van der Waals surface area contributed by atoms with Crippen LogP contribution < -0.4 is 0 Å². The highest BCUT2D eigenvalue weighted by molar-refractivity contribution is 7.20. The van der Waals surface area contributed by atoms with Crippen LogP contribution in [0.4, 0.5) is 0 Å². The van der Waals surface area contributed by atoms with Crippen LogP contribution in [-0.4, -0.2) is 0 Å². The van der Waals surface area contributed by atoms with Crippen LogP contribution in [0.25, 0.3) is 42.4 Å². The summed E-state index contributed by atoms with van der Waals surface area (Å²) in [6.45, 7) is 4.56. The van der Waals surface area contributed by atoms with Crippen LogP contribution in [0.3, 0.4) is 0 Å². The number of hydrogen-bond donors (Lipinski definition) is 0. The molecule has 0 saturated carbocycles. The molecule has 0 bridgehead atoms. The fraction of sp³-hybridized carbons (Fsp3) is 0.333. The zero-order chi connectivity index (χ0) is 27.1. The molecule has 204 valence electrons. The molecule has 1 aliphatic carbocycles. The third-order valence-corrected chi connectivity index (χ3v) is 13.1. The predicted molar refractivity (Wildman–Crippen MR) is 182 cm³/mol. The van der Waals surface area contributed by atoms with Gasteiger partial charge in [0.25, 0.3) is 0 Å². The molecule has 0 aliphatic heterocycles. The van der Waals surface area contributed by atoms with Gasteiger partial charge in [-0.15, -0.1) is 45.3 Å². The Morgan fingerprint density at radius 2 is 0.825 bits per heavy atom. The van der Waals surface area contributed by atoms with Crippen LogP contribution in [0.1, 0.15) is 68.8 Å². The lowest BCUT2D eigenvalue weighted by atomic mass is 9.79. The van der Waals surface area contributed by atoms with Crippen LogP contribution in [0.5, 0.6) is 0 Å². The second-order valence-electron chi connectivity index (χ2n) is 11.2. The van der Waals surface area contributed by atoms with Crippen molar-refractivity contribution >= 4 is 65.5 Å². The van der Waals surface area contributed by atoms with E-state index in [1.807, 2.05) is 45.3 Å². The summed E-state index contributed by atoms with van der Waals surface area (Å²) < 4.78 is 2.98. The van der Waals surface area contributed by atoms with Crippen LogP contribution >= 0.6 is 45.3 Å². The number of fused-ring (bicyclic) bond motifs is 8. The second-order valence-corrected chi connectivity index (χ2v) is 16.0. The van der Waals surface area contributed by atoms with E-state index in [9.17, 15) is 0 Å². The van der Waals surface area contributed by atoms with Gasteiger partial charge in [-0.3, -0.25) is 0 Å². The summed E-state index contributed by atoms with van der Waals surface area (Å²) in [5, 5.41) is 2.83. The summed E-state index contributed by atoms with van der Waals surface area (Å²) in [7, 11) is 0. The Hall–Kier alpha value is -2.24. The van der Waals surface area contributed by atoms with Crippen molar-refractivity contribution in [2.24, 2.45) is 0 Å². The molecule has 0 nitrogen and oxygen atoms in total. The van der Waals surface area contributed by atoms with E-state index < -0.39 is 0 Å². The first kappa shape index (κ1) is 26.6. The molecule has 7 rings (SSSR count). The maximum absolute atomic E-state index is 2.45. The number of hydrogen-bond acceptors (Lipinski definition) is 4. The van der Waals surface area contributed by atoms with Crippen LogP contribution in [0, 0.1) is 0 Å². The summed E-state index contributed by atoms with van der Waals surface area (Å²) >= 11 is 8.09. The minimum atomic E-state index is 1.15. The molecule has 0 radical (unpaired) electrons. The fourth-order valence-electron chi connectivity index (χ4n) is 6.03. The van der Waals surface area contributed by atoms with Crippen LogP contribution in [0.2, 0.25) is 0 Å². The third kappa shape index (κ3) is 5.13. The zero-order valence-electron chi connectivity index (χ0n) is 23.5. The van der Waals surface area contributed by atoms with Crippen molar-refractivity contribution in [1.82, 2.24) is 0 Å². The van der Waals surface area contributed by atoms with E-state index in [0.717, 1.165) is 25.7 Å². The van der Waals surface area contributed by atoms with Gasteiger partial charge in [-0.05, 0) is 110 Å². The first-order valence-electron chi connectivity index (χ1n) is 15.0. The number of unbranched alkanes of at least 4 members (excludes halogenated alkanes) is 2. The van der Waals surface area contributed by atoms with Gasteiger partial charge in [0.1, 0.15) is 0 Å². The Kier molecular flexibility index (Phi) is 7.70. The van der Waals surface area contributed by atoms with Crippen LogP contribution in [-0.2, 0) is 38.5 Å². The highest BCUT2D eigenvalue weighted by Gasteiger charge is 2.28. The van der Waals surface area contributed by atoms with Gasteiger partial charge in [0, 0.05) is 49.8 Å². The molecule has 0 spiro atoms. The molecule has 4 heterocycles. The normalized spacial score (nSPS) is 12.2. The number of benzene rings is 2. The molecule has 4 aromatic heterocycles. The highest BCUT2D eigenvalue weighted by Crippen LogP contribution is 2.56. The quantitative estimate of drug-likeness (QED) is 0.132. The van der Waals surface area contributed by atoms with Crippen molar-refractivity contribution < 1.29 is 0 Å². The summed E-state index contributed by atoms with van der Waals surface area (Å²) in [4.78, 5) is 9.22. The van der Waals surface area contributed by atoms with Crippen molar-refractivity contribution in [2.75, 3.05) is 0 Å². The molecule has 0 fully saturated rings. The van der Waals surface area contributed by atoms with Gasteiger partial charge < -0.3 is 0 Å². The standard InChI is InChI=1S/C36H36S4/c1-3-5-7-25-11-13-27(37-25)15-17-29-21-23-9-19-31-33(35(23)39-29)32-20-10-24-22-30(40-36(24)34(31)32)18-16-28-14-12-26(38-28)8-6-4-2/h9-14,19-22H,3-8,15-18H2,1-2H3. The van der Waals surface area contributed by atoms with E-state index in [1.165, 1.54) is 100 Å². The predicted octanol–water partition coefficient (Wildman–Crippen LogP) is 12.1. The Morgan fingerprint density at radius 3 is 1.25 bits per heavy atom. The average molecular weight is 597 g/mol. The van der Waals surface area contributed by atoms with E-state index in [2.05, 4.69) is 74.5 Å². The average Bonchev–Trinajstić information content (AvgIpc) is 3.75. The van der Waals surface area contributed by atoms with E-state index in [-0.39, 0.29) is 0 Å². The first-order valence-corrected chi connectivity index (χ1v) is 18.2. The van der Waals surface area contributed by atoms with E-state index >= 15 is 0 Å². The van der Waals surface area contributed by atoms with Gasteiger partial charge in [0.15, 0.2) is 0 Å². The monoisotopic (exact) mass is 596 g/mol. The molecule has 0 saturated heterocycles. The number of thiophene rings is 4. The van der Waals surface area contributed by atoms with Crippen LogP contribution in [0.15, 0.2) is 60.7 Å². The zero-order valence-corrected chi connectivity index (χ0v) is 26.7. The topological polar surface area (TPSA) is 0 Å². The number of rotatable bonds is 12. The lowest BCUT2D eigenvalue weighted by Crippen LogP contribution is -1.98. The van der Waals surface area contributed by atoms with Gasteiger partial charge in [0.2, 0.25) is 0 Å². The Morgan fingerprint density at radius 1 is 0.425 bits per heavy atom. The maximum Gasteiger partial charge on any atom is 0.0430 e. The molecule has 0 atom stereocenters. The first-order chi connectivity index (χ1) is 19.7. The second kappa shape index (κ2) is 11.6. The molecule has 1 aliphatic rings. The molecular formula is C36H36S4. The largest absolute Gasteiger partial charge is 0.145 e. The van der Waals surface area contributed by atoms with E-state index in [4.69, 9.17) is 0 Å². The van der Waals surface area contributed by atoms with Crippen molar-refractivity contribution in [3.8, 4) is 22.3 Å². The molecule has 6 aromatic rings. The summed E-state index contributed by atoms with van der Waals surface area (Å²) in [6.07, 6.45) is 12.2. The lowest BCUT2D eigenvalue weighted by Gasteiger charge is -2.25. The van der Waals surface area contributed by atoms with E-state index in [1.54, 1.807) is 9.75 Å². The molecule has 2 aromatic carbocycles. The highest BCUT2D eigenvalue weighted by atomic mass is 32.1. The van der Waals surface area contributed by atoms with Gasteiger partial charge in [-0.25, -0.2) is 0 Å². The third-order valence-electron chi connectivity index (χ3n) is 8.24. The lowest BCUT2D eigenvalue weighted by molar-refractivity contribution is 0.804. The Labute approximate surface area is 254 Å². The Bertz CT molecular complexity index is 1640.